The molecule has 0 saturated carbocycles. The Morgan fingerprint density at radius 2 is 1.21 bits per heavy atom. The second-order valence-electron chi connectivity index (χ2n) is 6.54. The van der Waals surface area contributed by atoms with Crippen LogP contribution < -0.4 is 33.2 Å². The molecule has 0 aromatic heterocycles. The largest absolute Gasteiger partial charge is 0.480 e. The van der Waals surface area contributed by atoms with E-state index in [-0.39, 0.29) is 19.4 Å². The van der Waals surface area contributed by atoms with Crippen molar-refractivity contribution in [3.63, 3.8) is 0 Å². The Balaban J connectivity index is 5.11. The van der Waals surface area contributed by atoms with Gasteiger partial charge in [0.15, 0.2) is 0 Å². The van der Waals surface area contributed by atoms with Crippen LogP contribution in [0.15, 0.2) is 0 Å². The predicted octanol–water partition coefficient (Wildman–Crippen LogP) is -3.27. The highest BCUT2D eigenvalue weighted by Crippen LogP contribution is 2.05. The van der Waals surface area contributed by atoms with Gasteiger partial charge in [0.05, 0.1) is 13.2 Å². The molecular formula is C17H34N6O6. The number of carbonyl (C=O) groups excluding carboxylic acids is 3. The number of carboxylic acids is 1. The van der Waals surface area contributed by atoms with E-state index in [0.717, 1.165) is 0 Å². The van der Waals surface area contributed by atoms with Crippen LogP contribution in [0.1, 0.15) is 38.5 Å². The zero-order chi connectivity index (χ0) is 22.2. The van der Waals surface area contributed by atoms with Gasteiger partial charge in [-0.15, -0.1) is 0 Å². The number of hydrogen-bond donors (Lipinski definition) is 8. The fraction of sp³-hybridized carbons (Fsp3) is 0.765. The van der Waals surface area contributed by atoms with Crippen molar-refractivity contribution in [3.8, 4) is 0 Å². The number of amides is 3. The molecule has 3 amide bonds. The van der Waals surface area contributed by atoms with Gasteiger partial charge in [-0.05, 0) is 51.6 Å². The van der Waals surface area contributed by atoms with E-state index >= 15 is 0 Å². The Kier molecular flexibility index (Phi) is 14.4. The van der Waals surface area contributed by atoms with E-state index in [9.17, 15) is 29.4 Å². The Morgan fingerprint density at radius 1 is 0.724 bits per heavy atom. The fourth-order valence-electron chi connectivity index (χ4n) is 2.50. The lowest BCUT2D eigenvalue weighted by Gasteiger charge is -2.24. The van der Waals surface area contributed by atoms with Crippen LogP contribution >= 0.6 is 0 Å². The molecule has 11 N–H and O–H groups in total. The van der Waals surface area contributed by atoms with E-state index in [1.54, 1.807) is 0 Å². The van der Waals surface area contributed by atoms with Gasteiger partial charge in [0.25, 0.3) is 0 Å². The number of hydrogen-bond acceptors (Lipinski definition) is 8. The molecule has 0 aromatic rings. The maximum atomic E-state index is 12.6. The molecular weight excluding hydrogens is 384 g/mol. The molecule has 0 radical (unpaired) electrons. The first-order chi connectivity index (χ1) is 13.8. The minimum atomic E-state index is -1.28. The summed E-state index contributed by atoms with van der Waals surface area (Å²) in [6, 6.07) is -3.45. The normalized spacial score (nSPS) is 13.8. The molecule has 0 bridgehead atoms. The first-order valence-corrected chi connectivity index (χ1v) is 9.64. The summed E-state index contributed by atoms with van der Waals surface area (Å²) in [5.74, 6) is -3.28. The van der Waals surface area contributed by atoms with E-state index < -0.39 is 48.4 Å². The minimum absolute atomic E-state index is 0.202. The lowest BCUT2D eigenvalue weighted by Crippen LogP contribution is -2.57. The molecule has 0 saturated heterocycles. The van der Waals surface area contributed by atoms with Gasteiger partial charge >= 0.3 is 5.97 Å². The van der Waals surface area contributed by atoms with Gasteiger partial charge in [-0.1, -0.05) is 0 Å². The maximum absolute atomic E-state index is 12.6. The highest BCUT2D eigenvalue weighted by molar-refractivity contribution is 5.93. The molecule has 29 heavy (non-hydrogen) atoms. The topological polar surface area (TPSA) is 223 Å². The zero-order valence-corrected chi connectivity index (χ0v) is 16.6. The minimum Gasteiger partial charge on any atom is -0.480 e. The van der Waals surface area contributed by atoms with Crippen LogP contribution in [0.5, 0.6) is 0 Å². The van der Waals surface area contributed by atoms with E-state index in [4.69, 9.17) is 17.2 Å². The summed E-state index contributed by atoms with van der Waals surface area (Å²) in [4.78, 5) is 47.7. The monoisotopic (exact) mass is 418 g/mol. The van der Waals surface area contributed by atoms with E-state index in [2.05, 4.69) is 16.0 Å². The summed E-state index contributed by atoms with van der Waals surface area (Å²) in [6.45, 7) is -0.251. The van der Waals surface area contributed by atoms with Crippen molar-refractivity contribution in [1.29, 1.82) is 0 Å². The molecule has 0 fully saturated rings. The van der Waals surface area contributed by atoms with Gasteiger partial charge in [0, 0.05) is 0 Å². The SMILES string of the molecule is NCCCCC(NC(=O)C(CCCCN)NC(=O)C(CO)NC(=O)CN)C(=O)O. The van der Waals surface area contributed by atoms with Crippen molar-refractivity contribution < 1.29 is 29.4 Å². The first kappa shape index (κ1) is 26.7. The lowest BCUT2D eigenvalue weighted by atomic mass is 10.1. The van der Waals surface area contributed by atoms with Crippen LogP contribution in [0.4, 0.5) is 0 Å². The van der Waals surface area contributed by atoms with Crippen molar-refractivity contribution in [2.45, 2.75) is 56.7 Å². The highest BCUT2D eigenvalue weighted by Gasteiger charge is 2.28. The number of aliphatic carboxylic acids is 1. The number of carbonyl (C=O) groups is 4. The van der Waals surface area contributed by atoms with Crippen LogP contribution in [0, 0.1) is 0 Å². The Morgan fingerprint density at radius 3 is 1.66 bits per heavy atom. The number of aliphatic hydroxyl groups excluding tert-OH is 1. The summed E-state index contributed by atoms with van der Waals surface area (Å²) >= 11 is 0. The van der Waals surface area contributed by atoms with Crippen LogP contribution in [0.3, 0.4) is 0 Å². The molecule has 0 rings (SSSR count). The van der Waals surface area contributed by atoms with E-state index in [1.807, 2.05) is 0 Å². The molecule has 0 aliphatic carbocycles. The third-order valence-corrected chi connectivity index (χ3v) is 4.16. The smallest absolute Gasteiger partial charge is 0.326 e. The summed E-state index contributed by atoms with van der Waals surface area (Å²) in [7, 11) is 0. The second kappa shape index (κ2) is 15.6. The maximum Gasteiger partial charge on any atom is 0.326 e. The van der Waals surface area contributed by atoms with Crippen LogP contribution in [-0.4, -0.2) is 78.3 Å². The van der Waals surface area contributed by atoms with Crippen molar-refractivity contribution >= 4 is 23.7 Å². The Bertz CT molecular complexity index is 533. The third-order valence-electron chi connectivity index (χ3n) is 4.16. The lowest BCUT2D eigenvalue weighted by molar-refractivity contribution is -0.142. The van der Waals surface area contributed by atoms with Crippen molar-refractivity contribution in [1.82, 2.24) is 16.0 Å². The summed E-state index contributed by atoms with van der Waals surface area (Å²) < 4.78 is 0. The molecule has 12 nitrogen and oxygen atoms in total. The van der Waals surface area contributed by atoms with Crippen LogP contribution in [0.25, 0.3) is 0 Å². The van der Waals surface area contributed by atoms with Gasteiger partial charge < -0.3 is 43.4 Å². The quantitative estimate of drug-likeness (QED) is 0.118. The van der Waals surface area contributed by atoms with E-state index in [1.165, 1.54) is 0 Å². The first-order valence-electron chi connectivity index (χ1n) is 9.64. The Labute approximate surface area is 169 Å². The molecule has 0 heterocycles. The second-order valence-corrected chi connectivity index (χ2v) is 6.54. The molecule has 0 aliphatic rings. The number of nitrogens with one attached hydrogen (secondary N) is 3. The number of carboxylic acid groups (broad SMARTS) is 1. The van der Waals surface area contributed by atoms with Gasteiger partial charge in [-0.25, -0.2) is 4.79 Å². The average Bonchev–Trinajstić information content (AvgIpc) is 2.69. The van der Waals surface area contributed by atoms with Crippen molar-refractivity contribution in [2.75, 3.05) is 26.2 Å². The molecule has 0 aliphatic heterocycles. The highest BCUT2D eigenvalue weighted by atomic mass is 16.4. The molecule has 12 heteroatoms. The Hall–Kier alpha value is -2.28. The summed E-state index contributed by atoms with van der Waals surface area (Å²) in [6.07, 6.45) is 2.68. The van der Waals surface area contributed by atoms with Crippen molar-refractivity contribution in [2.24, 2.45) is 17.2 Å². The standard InChI is InChI=1S/C17H34N6O6/c18-7-3-1-5-11(22-16(27)13(10-24)21-14(25)9-20)15(26)23-12(17(28)29)6-2-4-8-19/h11-13,24H,1-10,18-20H2,(H,21,25)(H,22,27)(H,23,26)(H,28,29). The third kappa shape index (κ3) is 11.3. The molecule has 0 spiro atoms. The number of rotatable bonds is 16. The average molecular weight is 418 g/mol. The number of aliphatic hydroxyl groups is 1. The van der Waals surface area contributed by atoms with Crippen molar-refractivity contribution in [3.05, 3.63) is 0 Å². The summed E-state index contributed by atoms with van der Waals surface area (Å²) in [5, 5.41) is 25.7. The van der Waals surface area contributed by atoms with Gasteiger partial charge in [0.2, 0.25) is 17.7 Å². The van der Waals surface area contributed by atoms with Gasteiger partial charge in [0.1, 0.15) is 18.1 Å². The van der Waals surface area contributed by atoms with E-state index in [0.29, 0.717) is 38.8 Å². The summed E-state index contributed by atoms with van der Waals surface area (Å²) in [5.41, 5.74) is 16.0. The number of unbranched alkanes of at least 4 members (excludes halogenated alkanes) is 2. The predicted molar refractivity (Wildman–Crippen MR) is 105 cm³/mol. The van der Waals surface area contributed by atoms with Crippen LogP contribution in [0.2, 0.25) is 0 Å². The zero-order valence-electron chi connectivity index (χ0n) is 16.6. The molecule has 3 atom stereocenters. The van der Waals surface area contributed by atoms with Gasteiger partial charge in [-0.2, -0.15) is 0 Å². The molecule has 0 aromatic carbocycles. The molecule has 168 valence electrons. The fourth-order valence-corrected chi connectivity index (χ4v) is 2.50. The number of nitrogens with two attached hydrogens (primary N) is 3. The van der Waals surface area contributed by atoms with Crippen LogP contribution in [-0.2, 0) is 19.2 Å². The molecule has 3 unspecified atom stereocenters. The van der Waals surface area contributed by atoms with Gasteiger partial charge in [-0.3, -0.25) is 14.4 Å².